The fraction of sp³-hybridized carbons (Fsp3) is 0.545. The number of para-hydroxylation sites is 1. The molecule has 1 aromatic heterocycles. The first-order valence-corrected chi connectivity index (χ1v) is 10.6. The van der Waals surface area contributed by atoms with E-state index >= 15 is 0 Å². The third-order valence-electron chi connectivity index (χ3n) is 5.42. The Labute approximate surface area is 179 Å². The lowest BCUT2D eigenvalue weighted by Gasteiger charge is -2.36. The molecule has 3 rings (SSSR count). The zero-order valence-corrected chi connectivity index (χ0v) is 18.5. The molecule has 1 N–H and O–H groups in total. The number of hydrogen-bond acceptors (Lipinski definition) is 6. The van der Waals surface area contributed by atoms with E-state index in [1.165, 1.54) is 0 Å². The van der Waals surface area contributed by atoms with E-state index in [1.54, 1.807) is 13.4 Å². The predicted octanol–water partition coefficient (Wildman–Crippen LogP) is 2.07. The highest BCUT2D eigenvalue weighted by Crippen LogP contribution is 2.28. The quantitative estimate of drug-likeness (QED) is 0.524. The van der Waals surface area contributed by atoms with E-state index in [2.05, 4.69) is 58.3 Å². The van der Waals surface area contributed by atoms with Crippen LogP contribution in [-0.2, 0) is 6.54 Å². The Morgan fingerprint density at radius 1 is 1.23 bits per heavy atom. The van der Waals surface area contributed by atoms with Crippen LogP contribution in [0.15, 0.2) is 46.1 Å². The third kappa shape index (κ3) is 5.73. The second kappa shape index (κ2) is 11.0. The van der Waals surface area contributed by atoms with Crippen molar-refractivity contribution in [2.24, 2.45) is 4.99 Å². The van der Waals surface area contributed by atoms with E-state index in [-0.39, 0.29) is 6.04 Å². The number of ether oxygens (including phenoxy) is 1. The number of likely N-dealkylation sites (N-methyl/N-ethyl adjacent to an activating group) is 1. The summed E-state index contributed by atoms with van der Waals surface area (Å²) >= 11 is 0. The van der Waals surface area contributed by atoms with Gasteiger partial charge in [-0.05, 0) is 27.1 Å². The lowest BCUT2D eigenvalue weighted by Crippen LogP contribution is -2.52. The largest absolute Gasteiger partial charge is 0.496 e. The molecule has 1 aromatic carbocycles. The van der Waals surface area contributed by atoms with Crippen molar-refractivity contribution in [3.63, 3.8) is 0 Å². The molecule has 1 aliphatic heterocycles. The number of guanidine groups is 1. The molecule has 2 aromatic rings. The number of piperazine rings is 1. The maximum absolute atomic E-state index is 5.58. The van der Waals surface area contributed by atoms with E-state index in [0.29, 0.717) is 6.54 Å². The van der Waals surface area contributed by atoms with Crippen molar-refractivity contribution in [1.82, 2.24) is 25.2 Å². The monoisotopic (exact) mass is 414 g/mol. The highest BCUT2D eigenvalue weighted by atomic mass is 16.5. The van der Waals surface area contributed by atoms with Gasteiger partial charge in [-0.3, -0.25) is 9.89 Å². The van der Waals surface area contributed by atoms with Gasteiger partial charge < -0.3 is 24.4 Å². The standard InChI is InChI=1S/C22H34N6O2/c1-5-23-22(28-13-11-27(12-14-28)17-18-10-15-30-25-18)24-16-20(26(2)3)19-8-6-7-9-21(19)29-4/h6-10,15,20H,5,11-14,16-17H2,1-4H3,(H,23,24). The molecule has 0 saturated carbocycles. The van der Waals surface area contributed by atoms with Crippen LogP contribution in [0.5, 0.6) is 5.75 Å². The lowest BCUT2D eigenvalue weighted by molar-refractivity contribution is 0.168. The van der Waals surface area contributed by atoms with Crippen LogP contribution in [-0.4, -0.2) is 86.3 Å². The molecule has 8 nitrogen and oxygen atoms in total. The number of nitrogens with zero attached hydrogens (tertiary/aromatic N) is 5. The van der Waals surface area contributed by atoms with Crippen molar-refractivity contribution in [3.8, 4) is 5.75 Å². The highest BCUT2D eigenvalue weighted by Gasteiger charge is 2.22. The second-order valence-electron chi connectivity index (χ2n) is 7.67. The van der Waals surface area contributed by atoms with Crippen molar-refractivity contribution >= 4 is 5.96 Å². The lowest BCUT2D eigenvalue weighted by atomic mass is 10.0. The van der Waals surface area contributed by atoms with Gasteiger partial charge in [0, 0.05) is 50.9 Å². The summed E-state index contributed by atoms with van der Waals surface area (Å²) in [6.07, 6.45) is 1.63. The minimum absolute atomic E-state index is 0.142. The maximum atomic E-state index is 5.58. The fourth-order valence-corrected chi connectivity index (χ4v) is 3.75. The van der Waals surface area contributed by atoms with Gasteiger partial charge >= 0.3 is 0 Å². The Kier molecular flexibility index (Phi) is 8.10. The molecule has 0 bridgehead atoms. The minimum Gasteiger partial charge on any atom is -0.496 e. The van der Waals surface area contributed by atoms with Gasteiger partial charge in [-0.2, -0.15) is 0 Å². The van der Waals surface area contributed by atoms with E-state index in [9.17, 15) is 0 Å². The molecular formula is C22H34N6O2. The molecule has 0 spiro atoms. The SMILES string of the molecule is CCNC(=NCC(c1ccccc1OC)N(C)C)N1CCN(Cc2ccon2)CC1. The molecule has 0 aliphatic carbocycles. The molecule has 1 aliphatic rings. The number of hydrogen-bond donors (Lipinski definition) is 1. The molecule has 8 heteroatoms. The van der Waals surface area contributed by atoms with Crippen molar-refractivity contribution in [2.45, 2.75) is 19.5 Å². The van der Waals surface area contributed by atoms with Crippen LogP contribution >= 0.6 is 0 Å². The van der Waals surface area contributed by atoms with Crippen LogP contribution in [0.2, 0.25) is 0 Å². The van der Waals surface area contributed by atoms with Gasteiger partial charge in [-0.25, -0.2) is 0 Å². The van der Waals surface area contributed by atoms with Gasteiger partial charge in [-0.15, -0.1) is 0 Å². The summed E-state index contributed by atoms with van der Waals surface area (Å²) in [5.74, 6) is 1.87. The van der Waals surface area contributed by atoms with Gasteiger partial charge in [0.15, 0.2) is 5.96 Å². The van der Waals surface area contributed by atoms with Crippen LogP contribution in [0.1, 0.15) is 24.2 Å². The average molecular weight is 415 g/mol. The summed E-state index contributed by atoms with van der Waals surface area (Å²) in [7, 11) is 5.89. The molecule has 30 heavy (non-hydrogen) atoms. The minimum atomic E-state index is 0.142. The molecule has 2 heterocycles. The summed E-state index contributed by atoms with van der Waals surface area (Å²) in [5.41, 5.74) is 2.14. The van der Waals surface area contributed by atoms with Crippen LogP contribution in [0, 0.1) is 0 Å². The number of benzene rings is 1. The molecule has 1 saturated heterocycles. The first-order valence-electron chi connectivity index (χ1n) is 10.6. The summed E-state index contributed by atoms with van der Waals surface area (Å²) in [6, 6.07) is 10.3. The second-order valence-corrected chi connectivity index (χ2v) is 7.67. The molecule has 1 fully saturated rings. The van der Waals surface area contributed by atoms with Crippen molar-refractivity contribution < 1.29 is 9.26 Å². The van der Waals surface area contributed by atoms with Crippen molar-refractivity contribution in [2.75, 3.05) is 60.5 Å². The van der Waals surface area contributed by atoms with E-state index < -0.39 is 0 Å². The van der Waals surface area contributed by atoms with E-state index in [4.69, 9.17) is 14.3 Å². The topological polar surface area (TPSA) is 69.4 Å². The van der Waals surface area contributed by atoms with Crippen LogP contribution in [0.3, 0.4) is 0 Å². The van der Waals surface area contributed by atoms with Crippen LogP contribution < -0.4 is 10.1 Å². The van der Waals surface area contributed by atoms with E-state index in [1.807, 2.05) is 18.2 Å². The molecule has 0 amide bonds. The highest BCUT2D eigenvalue weighted by molar-refractivity contribution is 5.80. The third-order valence-corrected chi connectivity index (χ3v) is 5.42. The summed E-state index contributed by atoms with van der Waals surface area (Å²) < 4.78 is 10.5. The zero-order valence-electron chi connectivity index (χ0n) is 18.5. The Hall–Kier alpha value is -2.58. The van der Waals surface area contributed by atoms with Gasteiger partial charge in [0.25, 0.3) is 0 Å². The maximum Gasteiger partial charge on any atom is 0.194 e. The number of methoxy groups -OCH3 is 1. The van der Waals surface area contributed by atoms with Crippen molar-refractivity contribution in [1.29, 1.82) is 0 Å². The summed E-state index contributed by atoms with van der Waals surface area (Å²) in [4.78, 5) is 11.9. The Balaban J connectivity index is 1.66. The Bertz CT molecular complexity index is 785. The summed E-state index contributed by atoms with van der Waals surface area (Å²) in [5, 5.41) is 7.49. The Morgan fingerprint density at radius 3 is 2.63 bits per heavy atom. The molecule has 1 unspecified atom stereocenters. The molecule has 0 radical (unpaired) electrons. The summed E-state index contributed by atoms with van der Waals surface area (Å²) in [6.45, 7) is 8.26. The molecule has 1 atom stereocenters. The number of aliphatic imine (C=N–C) groups is 1. The molecule has 164 valence electrons. The van der Waals surface area contributed by atoms with Crippen molar-refractivity contribution in [3.05, 3.63) is 47.9 Å². The van der Waals surface area contributed by atoms with Gasteiger partial charge in [-0.1, -0.05) is 23.4 Å². The smallest absolute Gasteiger partial charge is 0.194 e. The average Bonchev–Trinajstić information content (AvgIpc) is 3.27. The first-order chi connectivity index (χ1) is 14.6. The number of rotatable bonds is 8. The fourth-order valence-electron chi connectivity index (χ4n) is 3.75. The van der Waals surface area contributed by atoms with Gasteiger partial charge in [0.2, 0.25) is 0 Å². The Morgan fingerprint density at radius 2 is 2.00 bits per heavy atom. The number of nitrogens with one attached hydrogen (secondary N) is 1. The number of aromatic nitrogens is 1. The van der Waals surface area contributed by atoms with Crippen LogP contribution in [0.4, 0.5) is 0 Å². The zero-order chi connectivity index (χ0) is 21.3. The molecular weight excluding hydrogens is 380 g/mol. The van der Waals surface area contributed by atoms with Crippen LogP contribution in [0.25, 0.3) is 0 Å². The predicted molar refractivity (Wildman–Crippen MR) is 119 cm³/mol. The first kappa shape index (κ1) is 22.1. The van der Waals surface area contributed by atoms with E-state index in [0.717, 1.165) is 62.2 Å². The normalized spacial score (nSPS) is 16.7. The van der Waals surface area contributed by atoms with Gasteiger partial charge in [0.1, 0.15) is 12.0 Å². The van der Waals surface area contributed by atoms with Gasteiger partial charge in [0.05, 0.1) is 25.4 Å².